The summed E-state index contributed by atoms with van der Waals surface area (Å²) in [4.78, 5) is 20.3. The van der Waals surface area contributed by atoms with E-state index in [9.17, 15) is 14.9 Å². The minimum atomic E-state index is -0.775. The van der Waals surface area contributed by atoms with Crippen molar-refractivity contribution >= 4 is 11.7 Å². The lowest BCUT2D eigenvalue weighted by Crippen LogP contribution is -2.20. The number of hydrogen-bond acceptors (Lipinski definition) is 5. The molecular formula is C7H7N5O3. The molecule has 1 aromatic heterocycles. The molecule has 0 bridgehead atoms. The molecule has 0 aromatic carbocycles. The Morgan fingerprint density at radius 2 is 2.40 bits per heavy atom. The summed E-state index contributed by atoms with van der Waals surface area (Å²) in [7, 11) is 0. The smallest absolute Gasteiger partial charge is 0.368 e. The first-order chi connectivity index (χ1) is 6.97. The lowest BCUT2D eigenvalue weighted by Gasteiger charge is -1.93. The molecule has 1 aromatic rings. The van der Waals surface area contributed by atoms with Gasteiger partial charge in [-0.05, 0) is 11.8 Å². The topological polar surface area (TPSA) is 128 Å². The fourth-order valence-electron chi connectivity index (χ4n) is 1.09. The first kappa shape index (κ1) is 10.6. The van der Waals surface area contributed by atoms with E-state index in [1.807, 2.05) is 0 Å². The predicted molar refractivity (Wildman–Crippen MR) is 47.5 cm³/mol. The maximum absolute atomic E-state index is 10.6. The third-order valence-electron chi connectivity index (χ3n) is 1.78. The van der Waals surface area contributed by atoms with Crippen LogP contribution in [0.25, 0.3) is 0 Å². The second-order valence-electron chi connectivity index (χ2n) is 2.78. The lowest BCUT2D eigenvalue weighted by atomic mass is 10.2. The average Bonchev–Trinajstić information content (AvgIpc) is 2.43. The Labute approximate surface area is 84.0 Å². The quantitative estimate of drug-likeness (QED) is 0.527. The first-order valence-electron chi connectivity index (χ1n) is 3.87. The molecule has 2 N–H and O–H groups in total. The molecule has 0 unspecified atom stereocenters. The molecule has 0 saturated heterocycles. The van der Waals surface area contributed by atoms with E-state index < -0.39 is 16.6 Å². The molecule has 1 amide bonds. The van der Waals surface area contributed by atoms with Crippen LogP contribution in [-0.4, -0.2) is 20.6 Å². The largest absolute Gasteiger partial charge is 0.408 e. The molecule has 78 valence electrons. The van der Waals surface area contributed by atoms with Crippen LogP contribution in [0.2, 0.25) is 0 Å². The summed E-state index contributed by atoms with van der Waals surface area (Å²) in [6.07, 6.45) is 0. The van der Waals surface area contributed by atoms with E-state index in [2.05, 4.69) is 5.10 Å². The van der Waals surface area contributed by atoms with Crippen molar-refractivity contribution in [2.24, 2.45) is 5.73 Å². The number of nitro groups is 1. The molecule has 1 heterocycles. The molecule has 8 heteroatoms. The SMILES string of the molecule is Cc1c(C#N)c([N+](=O)[O-])nn1CC(N)=O. The lowest BCUT2D eigenvalue weighted by molar-refractivity contribution is -0.390. The number of nitriles is 1. The second kappa shape index (κ2) is 3.75. The van der Waals surface area contributed by atoms with Gasteiger partial charge in [-0.2, -0.15) is 9.94 Å². The van der Waals surface area contributed by atoms with Crippen LogP contribution in [0.4, 0.5) is 5.82 Å². The van der Waals surface area contributed by atoms with E-state index in [4.69, 9.17) is 11.0 Å². The van der Waals surface area contributed by atoms with Crippen molar-refractivity contribution in [1.82, 2.24) is 9.78 Å². The Morgan fingerprint density at radius 1 is 1.80 bits per heavy atom. The predicted octanol–water partition coefficient (Wildman–Crippen LogP) is -0.543. The standard InChI is InChI=1S/C7H7N5O3/c1-4-5(2-8)7(12(14)15)10-11(4)3-6(9)13/h3H2,1H3,(H2,9,13). The van der Waals surface area contributed by atoms with Gasteiger partial charge in [0.2, 0.25) is 5.91 Å². The number of nitrogens with two attached hydrogens (primary N) is 1. The number of aromatic nitrogens is 2. The Morgan fingerprint density at radius 3 is 2.73 bits per heavy atom. The number of hydrogen-bond donors (Lipinski definition) is 1. The fourth-order valence-corrected chi connectivity index (χ4v) is 1.09. The van der Waals surface area contributed by atoms with E-state index in [1.54, 1.807) is 6.07 Å². The Balaban J connectivity index is 3.28. The molecule has 0 saturated carbocycles. The van der Waals surface area contributed by atoms with E-state index in [0.717, 1.165) is 4.68 Å². The third-order valence-corrected chi connectivity index (χ3v) is 1.78. The van der Waals surface area contributed by atoms with Crippen LogP contribution in [-0.2, 0) is 11.3 Å². The van der Waals surface area contributed by atoms with E-state index >= 15 is 0 Å². The van der Waals surface area contributed by atoms with Crippen LogP contribution < -0.4 is 5.73 Å². The van der Waals surface area contributed by atoms with E-state index in [1.165, 1.54) is 6.92 Å². The third kappa shape index (κ3) is 1.91. The molecule has 0 radical (unpaired) electrons. The summed E-state index contributed by atoms with van der Waals surface area (Å²) in [6.45, 7) is 1.18. The highest BCUT2D eigenvalue weighted by atomic mass is 16.6. The maximum atomic E-state index is 10.6. The minimum Gasteiger partial charge on any atom is -0.368 e. The highest BCUT2D eigenvalue weighted by Gasteiger charge is 2.25. The van der Waals surface area contributed by atoms with Crippen LogP contribution in [0.15, 0.2) is 0 Å². The van der Waals surface area contributed by atoms with Crippen molar-refractivity contribution in [3.8, 4) is 6.07 Å². The summed E-state index contributed by atoms with van der Waals surface area (Å²) in [6, 6.07) is 1.66. The number of nitrogens with zero attached hydrogens (tertiary/aromatic N) is 4. The molecule has 0 spiro atoms. The van der Waals surface area contributed by atoms with Gasteiger partial charge in [-0.15, -0.1) is 0 Å². The molecule has 8 nitrogen and oxygen atoms in total. The van der Waals surface area contributed by atoms with Crippen molar-refractivity contribution < 1.29 is 9.72 Å². The van der Waals surface area contributed by atoms with Crippen LogP contribution in [0.1, 0.15) is 11.3 Å². The summed E-state index contributed by atoms with van der Waals surface area (Å²) in [5, 5.41) is 22.7. The van der Waals surface area contributed by atoms with Crippen molar-refractivity contribution in [3.05, 3.63) is 21.4 Å². The summed E-state index contributed by atoms with van der Waals surface area (Å²) in [5.41, 5.74) is 5.02. The zero-order valence-electron chi connectivity index (χ0n) is 7.80. The number of carbonyl (C=O) groups excluding carboxylic acids is 1. The van der Waals surface area contributed by atoms with Gasteiger partial charge in [0.15, 0.2) is 5.56 Å². The Bertz CT molecular complexity index is 470. The monoisotopic (exact) mass is 209 g/mol. The number of rotatable bonds is 3. The molecule has 0 aliphatic rings. The first-order valence-corrected chi connectivity index (χ1v) is 3.87. The van der Waals surface area contributed by atoms with Crippen molar-refractivity contribution in [2.45, 2.75) is 13.5 Å². The van der Waals surface area contributed by atoms with Gasteiger partial charge in [0.25, 0.3) is 0 Å². The summed E-state index contributed by atoms with van der Waals surface area (Å²) < 4.78 is 1.04. The molecule has 0 aliphatic carbocycles. The van der Waals surface area contributed by atoms with Gasteiger partial charge in [-0.3, -0.25) is 4.79 Å². The average molecular weight is 209 g/mol. The molecule has 0 aliphatic heterocycles. The molecule has 15 heavy (non-hydrogen) atoms. The number of carbonyl (C=O) groups is 1. The molecule has 0 atom stereocenters. The van der Waals surface area contributed by atoms with Gasteiger partial charge in [0.05, 0.1) is 10.8 Å². The van der Waals surface area contributed by atoms with Crippen LogP contribution in [0.5, 0.6) is 0 Å². The van der Waals surface area contributed by atoms with Gasteiger partial charge in [0.1, 0.15) is 12.6 Å². The van der Waals surface area contributed by atoms with E-state index in [-0.39, 0.29) is 17.8 Å². The molecule has 1 rings (SSSR count). The molecule has 0 fully saturated rings. The van der Waals surface area contributed by atoms with E-state index in [0.29, 0.717) is 0 Å². The minimum absolute atomic E-state index is 0.152. The van der Waals surface area contributed by atoms with Gasteiger partial charge in [-0.1, -0.05) is 0 Å². The highest BCUT2D eigenvalue weighted by molar-refractivity contribution is 5.73. The normalized spacial score (nSPS) is 9.60. The van der Waals surface area contributed by atoms with Crippen LogP contribution >= 0.6 is 0 Å². The number of amides is 1. The maximum Gasteiger partial charge on any atom is 0.408 e. The molecular weight excluding hydrogens is 202 g/mol. The van der Waals surface area contributed by atoms with Gasteiger partial charge >= 0.3 is 5.82 Å². The van der Waals surface area contributed by atoms with Crippen molar-refractivity contribution in [2.75, 3.05) is 0 Å². The Hall–Kier alpha value is -2.43. The zero-order chi connectivity index (χ0) is 11.6. The summed E-state index contributed by atoms with van der Waals surface area (Å²) >= 11 is 0. The van der Waals surface area contributed by atoms with Gasteiger partial charge in [0, 0.05) is 0 Å². The second-order valence-corrected chi connectivity index (χ2v) is 2.78. The zero-order valence-corrected chi connectivity index (χ0v) is 7.80. The summed E-state index contributed by atoms with van der Waals surface area (Å²) in [5.74, 6) is -1.24. The fraction of sp³-hybridized carbons (Fsp3) is 0.286. The van der Waals surface area contributed by atoms with Gasteiger partial charge in [-0.25, -0.2) is 0 Å². The van der Waals surface area contributed by atoms with Gasteiger partial charge < -0.3 is 15.8 Å². The Kier molecular flexibility index (Phi) is 2.66. The highest BCUT2D eigenvalue weighted by Crippen LogP contribution is 2.19. The number of primary amides is 1. The van der Waals surface area contributed by atoms with Crippen molar-refractivity contribution in [1.29, 1.82) is 5.26 Å². The van der Waals surface area contributed by atoms with Crippen molar-refractivity contribution in [3.63, 3.8) is 0 Å². The van der Waals surface area contributed by atoms with Crippen LogP contribution in [0, 0.1) is 28.4 Å². The van der Waals surface area contributed by atoms with Crippen LogP contribution in [0.3, 0.4) is 0 Å².